The third-order valence-electron chi connectivity index (χ3n) is 6.01. The van der Waals surface area contributed by atoms with Crippen LogP contribution in [0.4, 0.5) is 0 Å². The molecule has 6 nitrogen and oxygen atoms in total. The van der Waals surface area contributed by atoms with E-state index in [0.29, 0.717) is 26.3 Å². The molecule has 0 bridgehead atoms. The number of carbonyl (C=O) groups is 1. The Kier molecular flexibility index (Phi) is 6.67. The Hall–Kier alpha value is -1.93. The molecule has 0 spiro atoms. The van der Waals surface area contributed by atoms with Gasteiger partial charge < -0.3 is 10.1 Å². The standard InChI is InChI=1S/C23H27ClN2O4S/c1-16(18-7-6-17-4-2-3-5-19(17)14-18)25-23(27)21-15-20(8-9-22(21)24)31(28,29)26-10-12-30-13-11-26/h6-9,14-16H,2-5,10-13H2,1H3,(H,25,27)/t16-/m0/s1. The summed E-state index contributed by atoms with van der Waals surface area (Å²) in [4.78, 5) is 13.0. The largest absolute Gasteiger partial charge is 0.379 e. The molecule has 1 saturated heterocycles. The van der Waals surface area contributed by atoms with Crippen molar-refractivity contribution in [1.29, 1.82) is 0 Å². The Morgan fingerprint density at radius 1 is 1.06 bits per heavy atom. The Morgan fingerprint density at radius 3 is 2.52 bits per heavy atom. The second-order valence-corrected chi connectivity index (χ2v) is 10.4. The molecule has 2 aromatic carbocycles. The molecule has 166 valence electrons. The van der Waals surface area contributed by atoms with Crippen molar-refractivity contribution < 1.29 is 17.9 Å². The highest BCUT2D eigenvalue weighted by atomic mass is 35.5. The SMILES string of the molecule is C[C@H](NC(=O)c1cc(S(=O)(=O)N2CCOCC2)ccc1Cl)c1ccc2c(c1)CCCC2. The highest BCUT2D eigenvalue weighted by Gasteiger charge is 2.28. The normalized spacial score (nSPS) is 18.3. The molecule has 2 aliphatic rings. The number of nitrogens with one attached hydrogen (secondary N) is 1. The van der Waals surface area contributed by atoms with Crippen molar-refractivity contribution in [3.63, 3.8) is 0 Å². The fraction of sp³-hybridized carbons (Fsp3) is 0.435. The second kappa shape index (κ2) is 9.28. The van der Waals surface area contributed by atoms with Crippen molar-refractivity contribution in [2.45, 2.75) is 43.5 Å². The van der Waals surface area contributed by atoms with E-state index in [4.69, 9.17) is 16.3 Å². The summed E-state index contributed by atoms with van der Waals surface area (Å²) >= 11 is 6.26. The minimum absolute atomic E-state index is 0.0605. The van der Waals surface area contributed by atoms with Crippen molar-refractivity contribution >= 4 is 27.5 Å². The van der Waals surface area contributed by atoms with E-state index in [9.17, 15) is 13.2 Å². The molecule has 1 aliphatic heterocycles. The number of morpholine rings is 1. The number of amides is 1. The van der Waals surface area contributed by atoms with Crippen LogP contribution in [0.3, 0.4) is 0 Å². The molecular weight excluding hydrogens is 436 g/mol. The van der Waals surface area contributed by atoms with Crippen molar-refractivity contribution in [2.75, 3.05) is 26.3 Å². The third-order valence-corrected chi connectivity index (χ3v) is 8.23. The van der Waals surface area contributed by atoms with Gasteiger partial charge in [-0.2, -0.15) is 4.31 Å². The van der Waals surface area contributed by atoms with Crippen molar-refractivity contribution in [3.8, 4) is 0 Å². The summed E-state index contributed by atoms with van der Waals surface area (Å²) in [5.41, 5.74) is 3.92. The third kappa shape index (κ3) is 4.80. The van der Waals surface area contributed by atoms with Gasteiger partial charge in [0.2, 0.25) is 10.0 Å². The number of ether oxygens (including phenoxy) is 1. The first kappa shape index (κ1) is 22.3. The number of nitrogens with zero attached hydrogens (tertiary/aromatic N) is 1. The number of carbonyl (C=O) groups excluding carboxylic acids is 1. The number of hydrogen-bond donors (Lipinski definition) is 1. The van der Waals surface area contributed by atoms with Gasteiger partial charge in [0.05, 0.1) is 34.7 Å². The summed E-state index contributed by atoms with van der Waals surface area (Å²) in [6.45, 7) is 3.23. The van der Waals surface area contributed by atoms with Crippen LogP contribution in [0.15, 0.2) is 41.3 Å². The molecule has 0 radical (unpaired) electrons. The van der Waals surface area contributed by atoms with Gasteiger partial charge in [-0.1, -0.05) is 29.8 Å². The number of hydrogen-bond acceptors (Lipinski definition) is 4. The van der Waals surface area contributed by atoms with Crippen LogP contribution in [0.25, 0.3) is 0 Å². The first-order valence-corrected chi connectivity index (χ1v) is 12.5. The van der Waals surface area contributed by atoms with Gasteiger partial charge in [0.1, 0.15) is 0 Å². The maximum absolute atomic E-state index is 13.0. The lowest BCUT2D eigenvalue weighted by atomic mass is 9.89. The van der Waals surface area contributed by atoms with Crippen molar-refractivity contribution in [1.82, 2.24) is 9.62 Å². The number of rotatable bonds is 5. The van der Waals surface area contributed by atoms with E-state index in [1.165, 1.54) is 46.5 Å². The molecule has 1 aliphatic carbocycles. The van der Waals surface area contributed by atoms with Gasteiger partial charge in [-0.25, -0.2) is 8.42 Å². The summed E-state index contributed by atoms with van der Waals surface area (Å²) in [6, 6.07) is 10.4. The number of aryl methyl sites for hydroxylation is 2. The van der Waals surface area contributed by atoms with Crippen molar-refractivity contribution in [3.05, 3.63) is 63.7 Å². The highest BCUT2D eigenvalue weighted by molar-refractivity contribution is 7.89. The maximum Gasteiger partial charge on any atom is 0.253 e. The van der Waals surface area contributed by atoms with Gasteiger partial charge in [0.15, 0.2) is 0 Å². The molecule has 8 heteroatoms. The first-order chi connectivity index (χ1) is 14.9. The fourth-order valence-electron chi connectivity index (χ4n) is 4.16. The van der Waals surface area contributed by atoms with Crippen LogP contribution in [0, 0.1) is 0 Å². The van der Waals surface area contributed by atoms with E-state index in [2.05, 4.69) is 23.5 Å². The van der Waals surface area contributed by atoms with Crippen LogP contribution in [0.1, 0.15) is 52.9 Å². The summed E-state index contributed by atoms with van der Waals surface area (Å²) in [7, 11) is -3.71. The van der Waals surface area contributed by atoms with E-state index in [1.54, 1.807) is 0 Å². The van der Waals surface area contributed by atoms with E-state index < -0.39 is 15.9 Å². The lowest BCUT2D eigenvalue weighted by Crippen LogP contribution is -2.40. The van der Waals surface area contributed by atoms with Crippen LogP contribution < -0.4 is 5.32 Å². The molecule has 1 heterocycles. The molecule has 1 atom stereocenters. The van der Waals surface area contributed by atoms with Crippen LogP contribution in [-0.4, -0.2) is 44.9 Å². The van der Waals surface area contributed by atoms with Gasteiger partial charge in [-0.05, 0) is 67.5 Å². The Balaban J connectivity index is 1.53. The average molecular weight is 463 g/mol. The topological polar surface area (TPSA) is 75.7 Å². The molecule has 1 amide bonds. The highest BCUT2D eigenvalue weighted by Crippen LogP contribution is 2.27. The molecule has 0 saturated carbocycles. The van der Waals surface area contributed by atoms with Crippen LogP contribution in [0.2, 0.25) is 5.02 Å². The van der Waals surface area contributed by atoms with Crippen LogP contribution >= 0.6 is 11.6 Å². The molecular formula is C23H27ClN2O4S. The predicted octanol–water partition coefficient (Wildman–Crippen LogP) is 3.73. The van der Waals surface area contributed by atoms with E-state index in [0.717, 1.165) is 18.4 Å². The summed E-state index contributed by atoms with van der Waals surface area (Å²) in [6.07, 6.45) is 4.59. The van der Waals surface area contributed by atoms with E-state index >= 15 is 0 Å². The molecule has 1 N–H and O–H groups in total. The second-order valence-electron chi connectivity index (χ2n) is 8.09. The molecule has 1 fully saturated rings. The monoisotopic (exact) mass is 462 g/mol. The fourth-order valence-corrected chi connectivity index (χ4v) is 5.79. The summed E-state index contributed by atoms with van der Waals surface area (Å²) in [5, 5.41) is 3.19. The average Bonchev–Trinajstić information content (AvgIpc) is 2.79. The maximum atomic E-state index is 13.0. The van der Waals surface area contributed by atoms with Gasteiger partial charge >= 0.3 is 0 Å². The van der Waals surface area contributed by atoms with Gasteiger partial charge in [0, 0.05) is 13.1 Å². The lowest BCUT2D eigenvalue weighted by Gasteiger charge is -2.26. The van der Waals surface area contributed by atoms with Crippen molar-refractivity contribution in [2.24, 2.45) is 0 Å². The van der Waals surface area contributed by atoms with Gasteiger partial charge in [0.25, 0.3) is 5.91 Å². The molecule has 4 rings (SSSR count). The zero-order valence-electron chi connectivity index (χ0n) is 17.6. The summed E-state index contributed by atoms with van der Waals surface area (Å²) < 4.78 is 32.5. The number of fused-ring (bicyclic) bond motifs is 1. The first-order valence-electron chi connectivity index (χ1n) is 10.7. The summed E-state index contributed by atoms with van der Waals surface area (Å²) in [5.74, 6) is -0.394. The minimum atomic E-state index is -3.71. The van der Waals surface area contributed by atoms with Crippen LogP contribution in [0.5, 0.6) is 0 Å². The molecule has 0 unspecified atom stereocenters. The molecule has 0 aromatic heterocycles. The number of benzene rings is 2. The number of sulfonamides is 1. The smallest absolute Gasteiger partial charge is 0.253 e. The Bertz CT molecular complexity index is 1080. The predicted molar refractivity (Wildman–Crippen MR) is 120 cm³/mol. The quantitative estimate of drug-likeness (QED) is 0.734. The zero-order valence-corrected chi connectivity index (χ0v) is 19.1. The minimum Gasteiger partial charge on any atom is -0.379 e. The molecule has 31 heavy (non-hydrogen) atoms. The Morgan fingerprint density at radius 2 is 1.77 bits per heavy atom. The zero-order chi connectivity index (χ0) is 22.0. The number of halogens is 1. The van der Waals surface area contributed by atoms with Gasteiger partial charge in [-0.15, -0.1) is 0 Å². The van der Waals surface area contributed by atoms with E-state index in [1.807, 2.05) is 6.92 Å². The Labute approximate surface area is 188 Å². The van der Waals surface area contributed by atoms with Crippen LogP contribution in [-0.2, 0) is 27.6 Å². The van der Waals surface area contributed by atoms with E-state index in [-0.39, 0.29) is 21.5 Å². The van der Waals surface area contributed by atoms with Gasteiger partial charge in [-0.3, -0.25) is 4.79 Å². The lowest BCUT2D eigenvalue weighted by molar-refractivity contribution is 0.0730. The molecule has 2 aromatic rings.